The van der Waals surface area contributed by atoms with Gasteiger partial charge in [0.25, 0.3) is 0 Å². The van der Waals surface area contributed by atoms with Crippen molar-refractivity contribution < 1.29 is 9.59 Å². The van der Waals surface area contributed by atoms with Crippen molar-refractivity contribution in [3.8, 4) is 0 Å². The molecule has 2 rings (SSSR count). The number of rotatable bonds is 12. The lowest BCUT2D eigenvalue weighted by molar-refractivity contribution is -0.139. The molecule has 2 aromatic carbocycles. The summed E-state index contributed by atoms with van der Waals surface area (Å²) < 4.78 is 0. The highest BCUT2D eigenvalue weighted by atomic mass is 35.5. The van der Waals surface area contributed by atoms with Gasteiger partial charge in [-0.15, -0.1) is 11.8 Å². The highest BCUT2D eigenvalue weighted by Gasteiger charge is 2.28. The van der Waals surface area contributed by atoms with Crippen molar-refractivity contribution in [2.24, 2.45) is 0 Å². The Bertz CT molecular complexity index is 907. The Labute approximate surface area is 206 Å². The highest BCUT2D eigenvalue weighted by Crippen LogP contribution is 2.25. The van der Waals surface area contributed by atoms with Crippen LogP contribution < -0.4 is 5.32 Å². The Morgan fingerprint density at radius 2 is 1.91 bits per heavy atom. The van der Waals surface area contributed by atoms with E-state index in [4.69, 9.17) is 23.2 Å². The second-order valence-electron chi connectivity index (χ2n) is 7.81. The zero-order valence-corrected chi connectivity index (χ0v) is 21.3. The fourth-order valence-electron chi connectivity index (χ4n) is 3.40. The third kappa shape index (κ3) is 8.34. The second-order valence-corrected chi connectivity index (χ2v) is 9.64. The summed E-state index contributed by atoms with van der Waals surface area (Å²) in [6.45, 7) is 7.09. The van der Waals surface area contributed by atoms with Crippen LogP contribution in [0.15, 0.2) is 42.5 Å². The monoisotopic (exact) mass is 494 g/mol. The van der Waals surface area contributed by atoms with Crippen molar-refractivity contribution in [2.75, 3.05) is 12.3 Å². The summed E-state index contributed by atoms with van der Waals surface area (Å²) in [5, 5.41) is 4.17. The molecule has 1 atom stereocenters. The SMILES string of the molecule is CCCCNC(=O)[C@H](CC)N(Cc1cccc(C)c1)C(=O)CSCc1ccc(Cl)cc1Cl. The molecule has 0 fully saturated rings. The van der Waals surface area contributed by atoms with Gasteiger partial charge in [-0.2, -0.15) is 0 Å². The molecule has 2 amide bonds. The number of unbranched alkanes of at least 4 members (excludes halogenated alkanes) is 1. The fraction of sp³-hybridized carbons (Fsp3) is 0.440. The number of carbonyl (C=O) groups is 2. The van der Waals surface area contributed by atoms with Crippen LogP contribution in [-0.4, -0.2) is 35.1 Å². The minimum absolute atomic E-state index is 0.0564. The van der Waals surface area contributed by atoms with Crippen molar-refractivity contribution in [1.82, 2.24) is 10.2 Å². The van der Waals surface area contributed by atoms with E-state index in [0.717, 1.165) is 29.5 Å². The summed E-state index contributed by atoms with van der Waals surface area (Å²) in [7, 11) is 0. The molecule has 0 saturated carbocycles. The summed E-state index contributed by atoms with van der Waals surface area (Å²) >= 11 is 13.7. The molecule has 0 heterocycles. The molecule has 0 radical (unpaired) electrons. The van der Waals surface area contributed by atoms with Crippen LogP contribution in [0.1, 0.15) is 49.8 Å². The van der Waals surface area contributed by atoms with Crippen LogP contribution in [0.25, 0.3) is 0 Å². The number of carbonyl (C=O) groups excluding carboxylic acids is 2. The topological polar surface area (TPSA) is 49.4 Å². The number of hydrogen-bond donors (Lipinski definition) is 1. The molecule has 0 bridgehead atoms. The van der Waals surface area contributed by atoms with Gasteiger partial charge in [0.2, 0.25) is 11.8 Å². The van der Waals surface area contributed by atoms with Crippen LogP contribution in [0.4, 0.5) is 0 Å². The van der Waals surface area contributed by atoms with Crippen molar-refractivity contribution in [2.45, 2.75) is 58.4 Å². The van der Waals surface area contributed by atoms with Crippen molar-refractivity contribution in [1.29, 1.82) is 0 Å². The summed E-state index contributed by atoms with van der Waals surface area (Å²) in [6, 6.07) is 12.9. The number of amides is 2. The lowest BCUT2D eigenvalue weighted by Crippen LogP contribution is -2.49. The first kappa shape index (κ1) is 26.6. The number of hydrogen-bond acceptors (Lipinski definition) is 3. The third-order valence-electron chi connectivity index (χ3n) is 5.15. The first-order chi connectivity index (χ1) is 15.3. The molecule has 0 aliphatic carbocycles. The molecule has 2 aromatic rings. The number of aryl methyl sites for hydroxylation is 1. The van der Waals surface area contributed by atoms with Crippen LogP contribution in [0, 0.1) is 6.92 Å². The van der Waals surface area contributed by atoms with Gasteiger partial charge in [0.1, 0.15) is 6.04 Å². The minimum Gasteiger partial charge on any atom is -0.354 e. The summed E-state index contributed by atoms with van der Waals surface area (Å²) in [5.41, 5.74) is 3.08. The molecular weight excluding hydrogens is 463 g/mol. The van der Waals surface area contributed by atoms with Gasteiger partial charge < -0.3 is 10.2 Å². The fourth-order valence-corrected chi connectivity index (χ4v) is 4.87. The Balaban J connectivity index is 2.12. The summed E-state index contributed by atoms with van der Waals surface area (Å²) in [6.07, 6.45) is 2.49. The average molecular weight is 496 g/mol. The van der Waals surface area contributed by atoms with Gasteiger partial charge in [-0.05, 0) is 43.0 Å². The van der Waals surface area contributed by atoms with E-state index in [1.165, 1.54) is 11.8 Å². The first-order valence-corrected chi connectivity index (χ1v) is 12.9. The van der Waals surface area contributed by atoms with Crippen LogP contribution in [0.2, 0.25) is 10.0 Å². The molecule has 0 spiro atoms. The number of nitrogens with zero attached hydrogens (tertiary/aromatic N) is 1. The molecule has 0 aliphatic heterocycles. The predicted octanol–water partition coefficient (Wildman–Crippen LogP) is 6.26. The van der Waals surface area contributed by atoms with E-state index in [1.54, 1.807) is 17.0 Å². The van der Waals surface area contributed by atoms with E-state index in [9.17, 15) is 9.59 Å². The molecule has 32 heavy (non-hydrogen) atoms. The van der Waals surface area contributed by atoms with Gasteiger partial charge in [0.05, 0.1) is 5.75 Å². The standard InChI is InChI=1S/C25H32Cl2N2O2S/c1-4-6-12-28-25(31)23(5-2)29(15-19-9-7-8-18(3)13-19)24(30)17-32-16-20-10-11-21(26)14-22(20)27/h7-11,13-14,23H,4-6,12,15-17H2,1-3H3,(H,28,31)/t23-/m0/s1. The largest absolute Gasteiger partial charge is 0.354 e. The highest BCUT2D eigenvalue weighted by molar-refractivity contribution is 7.99. The van der Waals surface area contributed by atoms with Gasteiger partial charge >= 0.3 is 0 Å². The summed E-state index contributed by atoms with van der Waals surface area (Å²) in [5.74, 6) is 0.718. The minimum atomic E-state index is -0.500. The molecular formula is C25H32Cl2N2O2S. The molecule has 0 aromatic heterocycles. The maximum absolute atomic E-state index is 13.3. The molecule has 7 heteroatoms. The van der Waals surface area contributed by atoms with E-state index in [2.05, 4.69) is 18.3 Å². The van der Waals surface area contributed by atoms with Crippen molar-refractivity contribution >= 4 is 46.8 Å². The van der Waals surface area contributed by atoms with Gasteiger partial charge in [0.15, 0.2) is 0 Å². The van der Waals surface area contributed by atoms with Gasteiger partial charge in [0, 0.05) is 28.9 Å². The van der Waals surface area contributed by atoms with Crippen LogP contribution in [0.5, 0.6) is 0 Å². The zero-order valence-electron chi connectivity index (χ0n) is 19.0. The normalized spacial score (nSPS) is 11.8. The number of thioether (sulfide) groups is 1. The quantitative estimate of drug-likeness (QED) is 0.354. The van der Waals surface area contributed by atoms with E-state index >= 15 is 0 Å². The van der Waals surface area contributed by atoms with Gasteiger partial charge in [-0.25, -0.2) is 0 Å². The number of halogens is 2. The third-order valence-corrected chi connectivity index (χ3v) is 6.70. The second kappa shape index (κ2) is 13.8. The van der Waals surface area contributed by atoms with Crippen LogP contribution in [-0.2, 0) is 21.9 Å². The van der Waals surface area contributed by atoms with Crippen LogP contribution in [0.3, 0.4) is 0 Å². The Kier molecular flexibility index (Phi) is 11.4. The Morgan fingerprint density at radius 3 is 2.56 bits per heavy atom. The predicted molar refractivity (Wildman–Crippen MR) is 136 cm³/mol. The smallest absolute Gasteiger partial charge is 0.242 e. The van der Waals surface area contributed by atoms with Crippen molar-refractivity contribution in [3.05, 3.63) is 69.2 Å². The molecule has 1 N–H and O–H groups in total. The maximum Gasteiger partial charge on any atom is 0.242 e. The van der Waals surface area contributed by atoms with E-state index in [-0.39, 0.29) is 17.6 Å². The Hall–Kier alpha value is -1.69. The molecule has 0 unspecified atom stereocenters. The van der Waals surface area contributed by atoms with E-state index in [1.807, 2.05) is 38.1 Å². The molecule has 0 aliphatic rings. The van der Waals surface area contributed by atoms with E-state index < -0.39 is 6.04 Å². The maximum atomic E-state index is 13.3. The van der Waals surface area contributed by atoms with E-state index in [0.29, 0.717) is 35.3 Å². The molecule has 4 nitrogen and oxygen atoms in total. The average Bonchev–Trinajstić information content (AvgIpc) is 2.75. The van der Waals surface area contributed by atoms with Gasteiger partial charge in [-0.3, -0.25) is 9.59 Å². The zero-order chi connectivity index (χ0) is 23.5. The number of benzene rings is 2. The molecule has 174 valence electrons. The molecule has 0 saturated heterocycles. The van der Waals surface area contributed by atoms with Crippen molar-refractivity contribution in [3.63, 3.8) is 0 Å². The van der Waals surface area contributed by atoms with Gasteiger partial charge in [-0.1, -0.05) is 79.4 Å². The Morgan fingerprint density at radius 1 is 1.12 bits per heavy atom. The lowest BCUT2D eigenvalue weighted by atomic mass is 10.1. The summed E-state index contributed by atoms with van der Waals surface area (Å²) in [4.78, 5) is 27.9. The number of nitrogens with one attached hydrogen (secondary N) is 1. The lowest BCUT2D eigenvalue weighted by Gasteiger charge is -2.30. The first-order valence-electron chi connectivity index (χ1n) is 11.0. The van der Waals surface area contributed by atoms with Crippen LogP contribution >= 0.6 is 35.0 Å².